The highest BCUT2D eigenvalue weighted by Gasteiger charge is 2.21. The van der Waals surface area contributed by atoms with Crippen molar-refractivity contribution < 1.29 is 14.3 Å². The summed E-state index contributed by atoms with van der Waals surface area (Å²) in [6.45, 7) is 4.01. The number of pyridine rings is 1. The number of hydrogen-bond donors (Lipinski definition) is 1. The molecule has 0 saturated carbocycles. The first kappa shape index (κ1) is 19.9. The van der Waals surface area contributed by atoms with Crippen molar-refractivity contribution in [3.8, 4) is 11.1 Å². The maximum absolute atomic E-state index is 12.9. The van der Waals surface area contributed by atoms with E-state index in [1.54, 1.807) is 17.9 Å². The molecule has 4 aromatic rings. The van der Waals surface area contributed by atoms with E-state index >= 15 is 0 Å². The van der Waals surface area contributed by atoms with Gasteiger partial charge in [0.15, 0.2) is 0 Å². The van der Waals surface area contributed by atoms with E-state index < -0.39 is 0 Å². The molecule has 1 atom stereocenters. The first-order chi connectivity index (χ1) is 13.5. The van der Waals surface area contributed by atoms with Gasteiger partial charge in [-0.25, -0.2) is 0 Å². The van der Waals surface area contributed by atoms with Crippen LogP contribution in [0.15, 0.2) is 57.9 Å². The van der Waals surface area contributed by atoms with Crippen molar-refractivity contribution in [3.63, 3.8) is 0 Å². The molecule has 0 amide bonds. The molecule has 2 aromatic heterocycles. The van der Waals surface area contributed by atoms with Gasteiger partial charge in [-0.2, -0.15) is 0 Å². The Morgan fingerprint density at radius 2 is 1.82 bits per heavy atom. The quantitative estimate of drug-likeness (QED) is 0.566. The molecule has 2 aromatic carbocycles. The third-order valence-electron chi connectivity index (χ3n) is 5.08. The van der Waals surface area contributed by atoms with Gasteiger partial charge in [-0.3, -0.25) is 4.79 Å². The van der Waals surface area contributed by atoms with Crippen molar-refractivity contribution in [2.24, 2.45) is 7.05 Å². The third kappa shape index (κ3) is 3.23. The van der Waals surface area contributed by atoms with E-state index in [1.165, 1.54) is 0 Å². The lowest BCUT2D eigenvalue weighted by Gasteiger charge is -2.22. The molecule has 0 saturated heterocycles. The molecule has 1 N–H and O–H groups in total. The zero-order chi connectivity index (χ0) is 20.4. The fourth-order valence-electron chi connectivity index (χ4n) is 3.66. The predicted molar refractivity (Wildman–Crippen MR) is 113 cm³/mol. The smallest absolute Gasteiger partial charge is 0.258 e. The van der Waals surface area contributed by atoms with Crippen LogP contribution in [0.3, 0.4) is 0 Å². The number of aliphatic hydroxyl groups is 1. The van der Waals surface area contributed by atoms with Gasteiger partial charge in [-0.15, -0.1) is 0 Å². The molecule has 4 rings (SSSR count). The first-order valence-corrected chi connectivity index (χ1v) is 9.09. The maximum Gasteiger partial charge on any atom is 0.258 e. The van der Waals surface area contributed by atoms with Crippen LogP contribution in [-0.2, 0) is 11.8 Å². The van der Waals surface area contributed by atoms with Crippen molar-refractivity contribution >= 4 is 21.7 Å². The summed E-state index contributed by atoms with van der Waals surface area (Å²) in [4.78, 5) is 12.9. The van der Waals surface area contributed by atoms with Crippen molar-refractivity contribution in [2.75, 3.05) is 14.2 Å². The van der Waals surface area contributed by atoms with E-state index in [0.29, 0.717) is 5.39 Å². The number of hydrogen-bond acceptors (Lipinski definition) is 4. The zero-order valence-corrected chi connectivity index (χ0v) is 16.8. The third-order valence-corrected chi connectivity index (χ3v) is 5.08. The largest absolute Gasteiger partial charge is 0.464 e. The minimum absolute atomic E-state index is 0.00737. The minimum atomic E-state index is -0.215. The minimum Gasteiger partial charge on any atom is -0.464 e. The van der Waals surface area contributed by atoms with Gasteiger partial charge in [0.05, 0.1) is 18.1 Å². The Morgan fingerprint density at radius 1 is 1.07 bits per heavy atom. The molecule has 0 bridgehead atoms. The van der Waals surface area contributed by atoms with E-state index in [1.807, 2.05) is 51.2 Å². The summed E-state index contributed by atoms with van der Waals surface area (Å²) in [5.74, 6) is 0. The molecular formula is C23H25NO4. The van der Waals surface area contributed by atoms with E-state index in [0.717, 1.165) is 45.8 Å². The number of aliphatic hydroxyl groups excluding tert-OH is 1. The van der Waals surface area contributed by atoms with E-state index in [9.17, 15) is 4.79 Å². The molecule has 5 nitrogen and oxygen atoms in total. The summed E-state index contributed by atoms with van der Waals surface area (Å²) >= 11 is 0. The standard InChI is InChI=1S/C22H21NO3.CH4O/c1-13-5-7-17-18(11-13)20(21(14(2)25-4)23(3)22(17)24)16-6-8-19-15(12-16)9-10-26-19;1-2/h5-12,14H,1-4H3;2H,1H3. The predicted octanol–water partition coefficient (Wildman–Crippen LogP) is 4.58. The van der Waals surface area contributed by atoms with Gasteiger partial charge in [0.2, 0.25) is 0 Å². The number of methoxy groups -OCH3 is 1. The molecule has 0 fully saturated rings. The second-order valence-electron chi connectivity index (χ2n) is 6.72. The van der Waals surface area contributed by atoms with Crippen molar-refractivity contribution in [3.05, 3.63) is 70.3 Å². The fourth-order valence-corrected chi connectivity index (χ4v) is 3.66. The molecule has 146 valence electrons. The monoisotopic (exact) mass is 379 g/mol. The van der Waals surface area contributed by atoms with Crippen LogP contribution in [0.4, 0.5) is 0 Å². The van der Waals surface area contributed by atoms with Crippen LogP contribution in [0.25, 0.3) is 32.9 Å². The average Bonchev–Trinajstić information content (AvgIpc) is 3.19. The molecule has 5 heteroatoms. The van der Waals surface area contributed by atoms with Crippen LogP contribution < -0.4 is 5.56 Å². The summed E-state index contributed by atoms with van der Waals surface area (Å²) in [5, 5.41) is 9.70. The Bertz CT molecular complexity index is 1190. The number of rotatable bonds is 3. The summed E-state index contributed by atoms with van der Waals surface area (Å²) in [6.07, 6.45) is 1.48. The number of fused-ring (bicyclic) bond motifs is 2. The fraction of sp³-hybridized carbons (Fsp3) is 0.261. The number of benzene rings is 2. The number of nitrogens with zero attached hydrogens (tertiary/aromatic N) is 1. The van der Waals surface area contributed by atoms with Crippen LogP contribution in [0.1, 0.15) is 24.3 Å². The highest BCUT2D eigenvalue weighted by molar-refractivity contribution is 5.99. The molecule has 0 aliphatic carbocycles. The highest BCUT2D eigenvalue weighted by Crippen LogP contribution is 2.36. The van der Waals surface area contributed by atoms with Gasteiger partial charge in [0.1, 0.15) is 5.58 Å². The lowest BCUT2D eigenvalue weighted by atomic mass is 9.93. The number of ether oxygens (including phenoxy) is 1. The van der Waals surface area contributed by atoms with Crippen LogP contribution >= 0.6 is 0 Å². The summed E-state index contributed by atoms with van der Waals surface area (Å²) in [5.41, 5.74) is 4.91. The molecule has 2 heterocycles. The molecule has 0 radical (unpaired) electrons. The molecule has 0 aliphatic heterocycles. The zero-order valence-electron chi connectivity index (χ0n) is 16.8. The van der Waals surface area contributed by atoms with Gasteiger partial charge in [0, 0.05) is 37.6 Å². The van der Waals surface area contributed by atoms with Gasteiger partial charge in [-0.1, -0.05) is 23.8 Å². The average molecular weight is 379 g/mol. The molecule has 0 spiro atoms. The van der Waals surface area contributed by atoms with Crippen molar-refractivity contribution in [1.29, 1.82) is 0 Å². The normalized spacial score (nSPS) is 12.1. The van der Waals surface area contributed by atoms with Gasteiger partial charge in [0.25, 0.3) is 5.56 Å². The number of furan rings is 1. The molecular weight excluding hydrogens is 354 g/mol. The van der Waals surface area contributed by atoms with E-state index in [-0.39, 0.29) is 11.7 Å². The van der Waals surface area contributed by atoms with Gasteiger partial charge < -0.3 is 18.8 Å². The Morgan fingerprint density at radius 3 is 2.54 bits per heavy atom. The first-order valence-electron chi connectivity index (χ1n) is 9.09. The topological polar surface area (TPSA) is 64.6 Å². The van der Waals surface area contributed by atoms with E-state index in [2.05, 4.69) is 12.1 Å². The Balaban J connectivity index is 0.00000109. The highest BCUT2D eigenvalue weighted by atomic mass is 16.5. The van der Waals surface area contributed by atoms with Crippen molar-refractivity contribution in [1.82, 2.24) is 4.57 Å². The van der Waals surface area contributed by atoms with Crippen LogP contribution in [0.5, 0.6) is 0 Å². The summed E-state index contributed by atoms with van der Waals surface area (Å²) in [7, 11) is 4.48. The maximum atomic E-state index is 12.9. The summed E-state index contributed by atoms with van der Waals surface area (Å²) in [6, 6.07) is 14.0. The Kier molecular flexibility index (Phi) is 5.68. The second kappa shape index (κ2) is 8.00. The Hall–Kier alpha value is -2.89. The SMILES string of the molecule is CO.COC(C)c1c(-c2ccc3occc3c2)c2cc(C)ccc2c(=O)n1C. The molecule has 28 heavy (non-hydrogen) atoms. The molecule has 0 aliphatic rings. The lowest BCUT2D eigenvalue weighted by Crippen LogP contribution is -2.23. The van der Waals surface area contributed by atoms with Crippen LogP contribution in [0, 0.1) is 6.92 Å². The van der Waals surface area contributed by atoms with E-state index in [4.69, 9.17) is 14.3 Å². The molecule has 1 unspecified atom stereocenters. The van der Waals surface area contributed by atoms with Crippen LogP contribution in [0.2, 0.25) is 0 Å². The van der Waals surface area contributed by atoms with Crippen LogP contribution in [-0.4, -0.2) is 23.9 Å². The number of aromatic nitrogens is 1. The van der Waals surface area contributed by atoms with Crippen molar-refractivity contribution in [2.45, 2.75) is 20.0 Å². The number of aryl methyl sites for hydroxylation is 1. The van der Waals surface area contributed by atoms with Gasteiger partial charge in [-0.05, 0) is 49.1 Å². The Labute approximate surface area is 163 Å². The second-order valence-corrected chi connectivity index (χ2v) is 6.72. The lowest BCUT2D eigenvalue weighted by molar-refractivity contribution is 0.113. The van der Waals surface area contributed by atoms with Gasteiger partial charge >= 0.3 is 0 Å². The summed E-state index contributed by atoms with van der Waals surface area (Å²) < 4.78 is 12.8.